The quantitative estimate of drug-likeness (QED) is 0.430. The van der Waals surface area contributed by atoms with Crippen LogP contribution in [-0.4, -0.2) is 19.1 Å². The minimum Gasteiger partial charge on any atom is -0.404 e. The van der Waals surface area contributed by atoms with E-state index in [0.717, 1.165) is 5.56 Å². The van der Waals surface area contributed by atoms with Crippen molar-refractivity contribution in [3.8, 4) is 5.75 Å². The fraction of sp³-hybridized carbons (Fsp3) is 0.316. The number of benzene rings is 2. The van der Waals surface area contributed by atoms with E-state index in [1.165, 1.54) is 0 Å². The summed E-state index contributed by atoms with van der Waals surface area (Å²) in [4.78, 5) is 11.9. The number of rotatable bonds is 7. The topological polar surface area (TPSA) is 44.8 Å². The Morgan fingerprint density at radius 1 is 0.957 bits per heavy atom. The zero-order valence-electron chi connectivity index (χ0n) is 13.5. The fourth-order valence-electron chi connectivity index (χ4n) is 1.96. The Kier molecular flexibility index (Phi) is 6.63. The van der Waals surface area contributed by atoms with Gasteiger partial charge in [0.25, 0.3) is 0 Å². The summed E-state index contributed by atoms with van der Waals surface area (Å²) in [6, 6.07) is 18.6. The standard InChI is InChI=1S/C19H22O4/c1-15(2)14-21-18(13-16-9-5-3-6-10-16)23-19(20)22-17-11-7-4-8-12-17/h3-12,15,18H,13-14H2,1-2H3. The first kappa shape index (κ1) is 17.0. The molecule has 23 heavy (non-hydrogen) atoms. The Labute approximate surface area is 137 Å². The number of ether oxygens (including phenoxy) is 3. The molecule has 0 aromatic heterocycles. The maximum atomic E-state index is 11.9. The molecule has 0 saturated heterocycles. The average Bonchev–Trinajstić information content (AvgIpc) is 2.54. The molecule has 122 valence electrons. The third-order valence-corrected chi connectivity index (χ3v) is 3.03. The highest BCUT2D eigenvalue weighted by molar-refractivity contribution is 5.63. The van der Waals surface area contributed by atoms with Crippen LogP contribution in [0, 0.1) is 5.92 Å². The van der Waals surface area contributed by atoms with Crippen LogP contribution in [0.25, 0.3) is 0 Å². The molecule has 0 aliphatic heterocycles. The van der Waals surface area contributed by atoms with Crippen LogP contribution < -0.4 is 4.74 Å². The van der Waals surface area contributed by atoms with Crippen LogP contribution >= 0.6 is 0 Å². The van der Waals surface area contributed by atoms with Gasteiger partial charge in [0.2, 0.25) is 6.29 Å². The van der Waals surface area contributed by atoms with Crippen molar-refractivity contribution in [3.05, 3.63) is 66.2 Å². The van der Waals surface area contributed by atoms with Crippen LogP contribution in [0.15, 0.2) is 60.7 Å². The Morgan fingerprint density at radius 2 is 1.57 bits per heavy atom. The molecule has 0 aliphatic carbocycles. The summed E-state index contributed by atoms with van der Waals surface area (Å²) in [5.41, 5.74) is 1.04. The van der Waals surface area contributed by atoms with Crippen molar-refractivity contribution in [2.45, 2.75) is 26.6 Å². The van der Waals surface area contributed by atoms with Gasteiger partial charge in [-0.3, -0.25) is 0 Å². The lowest BCUT2D eigenvalue weighted by Gasteiger charge is -2.19. The van der Waals surface area contributed by atoms with E-state index >= 15 is 0 Å². The lowest BCUT2D eigenvalue weighted by atomic mass is 10.1. The molecule has 1 unspecified atom stereocenters. The Hall–Kier alpha value is -2.33. The van der Waals surface area contributed by atoms with Crippen molar-refractivity contribution in [2.24, 2.45) is 5.92 Å². The van der Waals surface area contributed by atoms with Crippen molar-refractivity contribution < 1.29 is 19.0 Å². The molecule has 0 heterocycles. The summed E-state index contributed by atoms with van der Waals surface area (Å²) in [5, 5.41) is 0. The van der Waals surface area contributed by atoms with Crippen LogP contribution in [-0.2, 0) is 15.9 Å². The largest absolute Gasteiger partial charge is 0.516 e. The number of hydrogen-bond acceptors (Lipinski definition) is 4. The predicted molar refractivity (Wildman–Crippen MR) is 88.3 cm³/mol. The van der Waals surface area contributed by atoms with Crippen LogP contribution in [0.1, 0.15) is 19.4 Å². The zero-order valence-corrected chi connectivity index (χ0v) is 13.5. The maximum Gasteiger partial charge on any atom is 0.516 e. The summed E-state index contributed by atoms with van der Waals surface area (Å²) >= 11 is 0. The summed E-state index contributed by atoms with van der Waals surface area (Å²) in [6.45, 7) is 4.60. The van der Waals surface area contributed by atoms with Gasteiger partial charge >= 0.3 is 6.16 Å². The minimum absolute atomic E-state index is 0.349. The van der Waals surface area contributed by atoms with E-state index in [-0.39, 0.29) is 0 Å². The van der Waals surface area contributed by atoms with Crippen molar-refractivity contribution >= 4 is 6.16 Å². The van der Waals surface area contributed by atoms with Gasteiger partial charge in [-0.25, -0.2) is 4.79 Å². The summed E-state index contributed by atoms with van der Waals surface area (Å²) in [7, 11) is 0. The molecule has 4 nitrogen and oxygen atoms in total. The van der Waals surface area contributed by atoms with Crippen molar-refractivity contribution in [2.75, 3.05) is 6.61 Å². The molecule has 2 aromatic rings. The maximum absolute atomic E-state index is 11.9. The van der Waals surface area contributed by atoms with Gasteiger partial charge in [0.15, 0.2) is 0 Å². The van der Waals surface area contributed by atoms with Gasteiger partial charge in [0, 0.05) is 6.42 Å². The molecule has 0 bridgehead atoms. The van der Waals surface area contributed by atoms with Crippen LogP contribution in [0.2, 0.25) is 0 Å². The van der Waals surface area contributed by atoms with E-state index in [4.69, 9.17) is 14.2 Å². The van der Waals surface area contributed by atoms with Crippen LogP contribution in [0.5, 0.6) is 5.75 Å². The molecule has 0 fully saturated rings. The predicted octanol–water partition coefficient (Wildman–Crippen LogP) is 4.44. The molecule has 2 aromatic carbocycles. The molecule has 0 spiro atoms. The fourth-order valence-corrected chi connectivity index (χ4v) is 1.96. The molecule has 0 N–H and O–H groups in total. The van der Waals surface area contributed by atoms with E-state index in [1.807, 2.05) is 50.2 Å². The normalized spacial score (nSPS) is 12.0. The summed E-state index contributed by atoms with van der Waals surface area (Å²) < 4.78 is 16.2. The third kappa shape index (κ3) is 6.53. The van der Waals surface area contributed by atoms with Gasteiger partial charge in [0.05, 0.1) is 6.61 Å². The monoisotopic (exact) mass is 314 g/mol. The molecule has 0 saturated carbocycles. The molecular weight excluding hydrogens is 292 g/mol. The first-order chi connectivity index (χ1) is 11.1. The smallest absolute Gasteiger partial charge is 0.404 e. The molecule has 4 heteroatoms. The van der Waals surface area contributed by atoms with Crippen LogP contribution in [0.4, 0.5) is 4.79 Å². The van der Waals surface area contributed by atoms with E-state index in [2.05, 4.69) is 0 Å². The number of carbonyl (C=O) groups is 1. The van der Waals surface area contributed by atoms with E-state index in [9.17, 15) is 4.79 Å². The lowest BCUT2D eigenvalue weighted by Crippen LogP contribution is -2.27. The number of hydrogen-bond donors (Lipinski definition) is 0. The minimum atomic E-state index is -0.763. The number of para-hydroxylation sites is 1. The lowest BCUT2D eigenvalue weighted by molar-refractivity contribution is -0.119. The Bertz CT molecular complexity index is 581. The van der Waals surface area contributed by atoms with Crippen molar-refractivity contribution in [3.63, 3.8) is 0 Å². The van der Waals surface area contributed by atoms with Gasteiger partial charge < -0.3 is 14.2 Å². The van der Waals surface area contributed by atoms with E-state index in [1.54, 1.807) is 24.3 Å². The van der Waals surface area contributed by atoms with Gasteiger partial charge in [-0.2, -0.15) is 0 Å². The van der Waals surface area contributed by atoms with E-state index in [0.29, 0.717) is 24.7 Å². The van der Waals surface area contributed by atoms with Crippen molar-refractivity contribution in [1.29, 1.82) is 0 Å². The van der Waals surface area contributed by atoms with E-state index < -0.39 is 12.4 Å². The highest BCUT2D eigenvalue weighted by atomic mass is 16.8. The molecule has 0 amide bonds. The summed E-state index contributed by atoms with van der Waals surface area (Å²) in [6.07, 6.45) is -0.950. The van der Waals surface area contributed by atoms with Gasteiger partial charge in [-0.15, -0.1) is 0 Å². The average molecular weight is 314 g/mol. The first-order valence-electron chi connectivity index (χ1n) is 7.72. The second kappa shape index (κ2) is 8.96. The zero-order chi connectivity index (χ0) is 16.5. The molecule has 2 rings (SSSR count). The Balaban J connectivity index is 1.94. The highest BCUT2D eigenvalue weighted by Gasteiger charge is 2.18. The number of carbonyl (C=O) groups excluding carboxylic acids is 1. The van der Waals surface area contributed by atoms with Gasteiger partial charge in [-0.1, -0.05) is 62.4 Å². The highest BCUT2D eigenvalue weighted by Crippen LogP contribution is 2.13. The molecular formula is C19H22O4. The SMILES string of the molecule is CC(C)COC(Cc1ccccc1)OC(=O)Oc1ccccc1. The Morgan fingerprint density at radius 3 is 2.17 bits per heavy atom. The second-order valence-electron chi connectivity index (χ2n) is 5.63. The molecule has 0 aliphatic rings. The first-order valence-corrected chi connectivity index (χ1v) is 7.72. The molecule has 0 radical (unpaired) electrons. The van der Waals surface area contributed by atoms with Gasteiger partial charge in [0.1, 0.15) is 5.75 Å². The second-order valence-corrected chi connectivity index (χ2v) is 5.63. The molecule has 1 atom stereocenters. The summed E-state index contributed by atoms with van der Waals surface area (Å²) in [5.74, 6) is 0.793. The van der Waals surface area contributed by atoms with Crippen LogP contribution in [0.3, 0.4) is 0 Å². The third-order valence-electron chi connectivity index (χ3n) is 3.03. The van der Waals surface area contributed by atoms with Crippen molar-refractivity contribution in [1.82, 2.24) is 0 Å². The van der Waals surface area contributed by atoms with Gasteiger partial charge in [-0.05, 0) is 23.6 Å².